The number of carbonyl (C=O) groups excluding carboxylic acids is 1. The first-order valence-electron chi connectivity index (χ1n) is 9.98. The van der Waals surface area contributed by atoms with Crippen LogP contribution in [0.5, 0.6) is 0 Å². The summed E-state index contributed by atoms with van der Waals surface area (Å²) >= 11 is 0. The number of hydrogen-bond donors (Lipinski definition) is 1. The minimum Gasteiger partial charge on any atom is -0.379 e. The molecule has 1 unspecified atom stereocenters. The quantitative estimate of drug-likeness (QED) is 0.648. The summed E-state index contributed by atoms with van der Waals surface area (Å²) in [6.45, 7) is 3.72. The fraction of sp³-hybridized carbons (Fsp3) is 0.318. The van der Waals surface area contributed by atoms with Crippen LogP contribution in [-0.4, -0.2) is 58.6 Å². The minimum absolute atomic E-state index is 0.0715. The predicted octanol–water partition coefficient (Wildman–Crippen LogP) is 2.27. The lowest BCUT2D eigenvalue weighted by Crippen LogP contribution is -2.43. The van der Waals surface area contributed by atoms with Crippen LogP contribution < -0.4 is 5.32 Å². The fourth-order valence-electron chi connectivity index (χ4n) is 3.56. The second-order valence-electron chi connectivity index (χ2n) is 7.21. The highest BCUT2D eigenvalue weighted by Gasteiger charge is 2.24. The van der Waals surface area contributed by atoms with E-state index >= 15 is 0 Å². The average Bonchev–Trinajstić information content (AvgIpc) is 3.25. The maximum atomic E-state index is 13.4. The summed E-state index contributed by atoms with van der Waals surface area (Å²) in [5, 5.41) is 11.0. The van der Waals surface area contributed by atoms with Crippen molar-refractivity contribution >= 4 is 5.91 Å². The number of nitrogens with zero attached hydrogens (tertiary/aromatic N) is 4. The van der Waals surface area contributed by atoms with Crippen molar-refractivity contribution in [3.8, 4) is 0 Å². The van der Waals surface area contributed by atoms with E-state index in [0.29, 0.717) is 26.3 Å². The molecule has 1 fully saturated rings. The van der Waals surface area contributed by atoms with E-state index in [9.17, 15) is 9.18 Å². The number of hydrogen-bond acceptors (Lipinski definition) is 5. The Kier molecular flexibility index (Phi) is 6.46. The molecular formula is C22H24FN5O2. The zero-order valence-corrected chi connectivity index (χ0v) is 16.6. The molecule has 1 aliphatic rings. The van der Waals surface area contributed by atoms with Gasteiger partial charge in [-0.1, -0.05) is 47.7 Å². The summed E-state index contributed by atoms with van der Waals surface area (Å²) in [6, 6.07) is 16.2. The molecule has 0 bridgehead atoms. The molecule has 8 heteroatoms. The second kappa shape index (κ2) is 9.60. The third kappa shape index (κ3) is 5.08. The number of halogens is 1. The largest absolute Gasteiger partial charge is 0.379 e. The molecule has 1 aromatic heterocycles. The van der Waals surface area contributed by atoms with Gasteiger partial charge in [-0.15, -0.1) is 5.10 Å². The Morgan fingerprint density at radius 1 is 1.10 bits per heavy atom. The molecule has 7 nitrogen and oxygen atoms in total. The highest BCUT2D eigenvalue weighted by molar-refractivity contribution is 5.91. The molecule has 4 rings (SSSR count). The number of morpholine rings is 1. The van der Waals surface area contributed by atoms with E-state index in [1.54, 1.807) is 23.0 Å². The van der Waals surface area contributed by atoms with Crippen LogP contribution in [0.15, 0.2) is 60.8 Å². The lowest BCUT2D eigenvalue weighted by atomic mass is 10.0. The molecule has 0 aliphatic carbocycles. The van der Waals surface area contributed by atoms with Crippen LogP contribution in [0.4, 0.5) is 4.39 Å². The molecule has 156 valence electrons. The van der Waals surface area contributed by atoms with Gasteiger partial charge in [-0.05, 0) is 23.3 Å². The van der Waals surface area contributed by atoms with Crippen LogP contribution in [0.1, 0.15) is 27.7 Å². The van der Waals surface area contributed by atoms with Crippen molar-refractivity contribution in [1.82, 2.24) is 25.2 Å². The van der Waals surface area contributed by atoms with Crippen molar-refractivity contribution < 1.29 is 13.9 Å². The van der Waals surface area contributed by atoms with E-state index in [0.717, 1.165) is 24.2 Å². The molecule has 30 heavy (non-hydrogen) atoms. The first-order chi connectivity index (χ1) is 14.7. The summed E-state index contributed by atoms with van der Waals surface area (Å²) in [5.41, 5.74) is 2.30. The molecule has 1 atom stereocenters. The highest BCUT2D eigenvalue weighted by atomic mass is 19.1. The molecule has 2 aromatic carbocycles. The van der Waals surface area contributed by atoms with Gasteiger partial charge >= 0.3 is 0 Å². The zero-order chi connectivity index (χ0) is 20.8. The van der Waals surface area contributed by atoms with Crippen LogP contribution in [0.25, 0.3) is 0 Å². The van der Waals surface area contributed by atoms with Crippen molar-refractivity contribution in [3.05, 3.63) is 83.4 Å². The van der Waals surface area contributed by atoms with Crippen LogP contribution >= 0.6 is 0 Å². The van der Waals surface area contributed by atoms with Crippen molar-refractivity contribution in [2.75, 3.05) is 32.8 Å². The molecule has 0 saturated carbocycles. The predicted molar refractivity (Wildman–Crippen MR) is 109 cm³/mol. The Morgan fingerprint density at radius 3 is 2.57 bits per heavy atom. The lowest BCUT2D eigenvalue weighted by molar-refractivity contribution is 0.0162. The number of aromatic nitrogens is 3. The second-order valence-corrected chi connectivity index (χ2v) is 7.21. The smallest absolute Gasteiger partial charge is 0.273 e. The molecule has 1 amide bonds. The third-order valence-electron chi connectivity index (χ3n) is 5.16. The van der Waals surface area contributed by atoms with Gasteiger partial charge in [0.15, 0.2) is 5.69 Å². The summed E-state index contributed by atoms with van der Waals surface area (Å²) in [6.07, 6.45) is 1.64. The van der Waals surface area contributed by atoms with Crippen LogP contribution in [0.2, 0.25) is 0 Å². The van der Waals surface area contributed by atoms with Crippen molar-refractivity contribution in [2.24, 2.45) is 0 Å². The number of nitrogens with one attached hydrogen (secondary N) is 1. The number of rotatable bonds is 7. The van der Waals surface area contributed by atoms with E-state index in [1.165, 1.54) is 12.1 Å². The SMILES string of the molecule is O=C(NCC(c1ccc(F)cc1)N1CCOCC1)c1cn(Cc2ccccc2)nn1. The van der Waals surface area contributed by atoms with Crippen LogP contribution in [0, 0.1) is 5.82 Å². The summed E-state index contributed by atoms with van der Waals surface area (Å²) in [7, 11) is 0. The Balaban J connectivity index is 1.41. The average molecular weight is 409 g/mol. The molecule has 1 aliphatic heterocycles. The van der Waals surface area contributed by atoms with E-state index in [2.05, 4.69) is 20.5 Å². The normalized spacial score (nSPS) is 15.6. The first-order valence-corrected chi connectivity index (χ1v) is 9.98. The Hall–Kier alpha value is -3.10. The number of amides is 1. The van der Waals surface area contributed by atoms with E-state index in [1.807, 2.05) is 30.3 Å². The number of ether oxygens (including phenoxy) is 1. The number of benzene rings is 2. The maximum absolute atomic E-state index is 13.4. The van der Waals surface area contributed by atoms with Gasteiger partial charge in [0, 0.05) is 19.6 Å². The molecule has 0 spiro atoms. The Bertz CT molecular complexity index is 955. The Labute approximate surface area is 174 Å². The molecular weight excluding hydrogens is 385 g/mol. The summed E-state index contributed by atoms with van der Waals surface area (Å²) in [4.78, 5) is 14.9. The lowest BCUT2D eigenvalue weighted by Gasteiger charge is -2.34. The van der Waals surface area contributed by atoms with Gasteiger partial charge in [0.05, 0.1) is 32.0 Å². The van der Waals surface area contributed by atoms with Gasteiger partial charge in [0.2, 0.25) is 0 Å². The van der Waals surface area contributed by atoms with Crippen molar-refractivity contribution in [3.63, 3.8) is 0 Å². The standard InChI is InChI=1S/C22H24FN5O2/c23-19-8-6-18(7-9-19)21(27-10-12-30-13-11-27)14-24-22(29)20-16-28(26-25-20)15-17-4-2-1-3-5-17/h1-9,16,21H,10-15H2,(H,24,29). The van der Waals surface area contributed by atoms with Gasteiger partial charge in [-0.2, -0.15) is 0 Å². The van der Waals surface area contributed by atoms with Gasteiger partial charge < -0.3 is 10.1 Å². The van der Waals surface area contributed by atoms with Crippen LogP contribution in [-0.2, 0) is 11.3 Å². The van der Waals surface area contributed by atoms with Crippen LogP contribution in [0.3, 0.4) is 0 Å². The highest BCUT2D eigenvalue weighted by Crippen LogP contribution is 2.21. The van der Waals surface area contributed by atoms with Gasteiger partial charge in [-0.3, -0.25) is 9.69 Å². The third-order valence-corrected chi connectivity index (χ3v) is 5.16. The summed E-state index contributed by atoms with van der Waals surface area (Å²) in [5.74, 6) is -0.562. The fourth-order valence-corrected chi connectivity index (χ4v) is 3.56. The van der Waals surface area contributed by atoms with Gasteiger partial charge in [0.1, 0.15) is 5.82 Å². The topological polar surface area (TPSA) is 72.3 Å². The first kappa shape index (κ1) is 20.2. The van der Waals surface area contributed by atoms with Crippen molar-refractivity contribution in [2.45, 2.75) is 12.6 Å². The Morgan fingerprint density at radius 2 is 1.83 bits per heavy atom. The van der Waals surface area contributed by atoms with Gasteiger partial charge in [0.25, 0.3) is 5.91 Å². The molecule has 0 radical (unpaired) electrons. The van der Waals surface area contributed by atoms with Crippen molar-refractivity contribution in [1.29, 1.82) is 0 Å². The van der Waals surface area contributed by atoms with Gasteiger partial charge in [-0.25, -0.2) is 9.07 Å². The monoisotopic (exact) mass is 409 g/mol. The van der Waals surface area contributed by atoms with E-state index in [-0.39, 0.29) is 23.5 Å². The van der Waals surface area contributed by atoms with E-state index in [4.69, 9.17) is 4.74 Å². The zero-order valence-electron chi connectivity index (χ0n) is 16.6. The molecule has 1 saturated heterocycles. The maximum Gasteiger partial charge on any atom is 0.273 e. The molecule has 1 N–H and O–H groups in total. The van der Waals surface area contributed by atoms with E-state index < -0.39 is 0 Å². The number of carbonyl (C=O) groups is 1. The molecule has 2 heterocycles. The summed E-state index contributed by atoms with van der Waals surface area (Å²) < 4.78 is 20.4. The molecule has 3 aromatic rings. The minimum atomic E-state index is -0.283.